The molecule has 0 aliphatic heterocycles. The molecule has 0 aliphatic carbocycles. The van der Waals surface area contributed by atoms with Gasteiger partial charge in [0.15, 0.2) is 15.5 Å². The summed E-state index contributed by atoms with van der Waals surface area (Å²) in [5, 5.41) is 4.41. The molecule has 8 heteroatoms. The van der Waals surface area contributed by atoms with Crippen LogP contribution >= 0.6 is 0 Å². The minimum atomic E-state index is -3.27. The van der Waals surface area contributed by atoms with Gasteiger partial charge in [-0.05, 0) is 30.7 Å². The van der Waals surface area contributed by atoms with Gasteiger partial charge in [0, 0.05) is 25.1 Å². The Bertz CT molecular complexity index is 1350. The van der Waals surface area contributed by atoms with Crippen molar-refractivity contribution in [3.05, 3.63) is 84.2 Å². The topological polar surface area (TPSA) is 84.6 Å². The van der Waals surface area contributed by atoms with Gasteiger partial charge in [0.1, 0.15) is 5.56 Å². The summed E-state index contributed by atoms with van der Waals surface area (Å²) >= 11 is 0. The van der Waals surface area contributed by atoms with Gasteiger partial charge in [0.05, 0.1) is 22.8 Å². The summed E-state index contributed by atoms with van der Waals surface area (Å²) in [4.78, 5) is 19.5. The summed E-state index contributed by atoms with van der Waals surface area (Å²) < 4.78 is 25.0. The summed E-state index contributed by atoms with van der Waals surface area (Å²) in [6.07, 6.45) is 4.37. The SMILES string of the molecule is CC(c1ccc(S(C)(=O)=O)cc1)N(C)C(=O)c1cnn2c(-c3ccccc3)ccnc12. The van der Waals surface area contributed by atoms with Crippen LogP contribution in [0.15, 0.2) is 78.0 Å². The van der Waals surface area contributed by atoms with E-state index < -0.39 is 9.84 Å². The maximum atomic E-state index is 13.2. The molecule has 0 aliphatic rings. The number of benzene rings is 2. The fourth-order valence-corrected chi connectivity index (χ4v) is 4.08. The van der Waals surface area contributed by atoms with Crippen molar-refractivity contribution >= 4 is 21.4 Å². The number of hydrogen-bond donors (Lipinski definition) is 0. The molecule has 0 saturated carbocycles. The third-order valence-electron chi connectivity index (χ3n) is 5.39. The Balaban J connectivity index is 1.65. The van der Waals surface area contributed by atoms with Crippen LogP contribution in [0.4, 0.5) is 0 Å². The minimum absolute atomic E-state index is 0.215. The Morgan fingerprint density at radius 3 is 2.35 bits per heavy atom. The number of nitrogens with zero attached hydrogens (tertiary/aromatic N) is 4. The van der Waals surface area contributed by atoms with Gasteiger partial charge in [-0.3, -0.25) is 4.79 Å². The van der Waals surface area contributed by atoms with Crippen LogP contribution in [-0.4, -0.2) is 47.1 Å². The van der Waals surface area contributed by atoms with E-state index in [2.05, 4.69) is 10.1 Å². The lowest BCUT2D eigenvalue weighted by Gasteiger charge is -2.25. The van der Waals surface area contributed by atoms with E-state index in [0.29, 0.717) is 11.2 Å². The summed E-state index contributed by atoms with van der Waals surface area (Å²) in [5.74, 6) is -0.215. The van der Waals surface area contributed by atoms with E-state index in [1.165, 1.54) is 12.5 Å². The molecule has 0 saturated heterocycles. The van der Waals surface area contributed by atoms with Gasteiger partial charge in [-0.25, -0.2) is 17.9 Å². The zero-order chi connectivity index (χ0) is 22.2. The van der Waals surface area contributed by atoms with Gasteiger partial charge < -0.3 is 4.90 Å². The number of aromatic nitrogens is 3. The highest BCUT2D eigenvalue weighted by atomic mass is 32.2. The van der Waals surface area contributed by atoms with Gasteiger partial charge in [0.25, 0.3) is 5.91 Å². The molecule has 0 fully saturated rings. The number of rotatable bonds is 5. The molecule has 7 nitrogen and oxygen atoms in total. The first-order chi connectivity index (χ1) is 14.8. The first kappa shape index (κ1) is 20.7. The quantitative estimate of drug-likeness (QED) is 0.479. The van der Waals surface area contributed by atoms with E-state index in [1.807, 2.05) is 43.3 Å². The van der Waals surface area contributed by atoms with E-state index in [9.17, 15) is 13.2 Å². The Kier molecular flexibility index (Phi) is 5.32. The first-order valence-corrected chi connectivity index (χ1v) is 11.6. The average Bonchev–Trinajstić information content (AvgIpc) is 3.22. The van der Waals surface area contributed by atoms with Gasteiger partial charge >= 0.3 is 0 Å². The van der Waals surface area contributed by atoms with E-state index in [4.69, 9.17) is 0 Å². The van der Waals surface area contributed by atoms with Gasteiger partial charge in [0.2, 0.25) is 0 Å². The molecule has 0 bridgehead atoms. The summed E-state index contributed by atoms with van der Waals surface area (Å²) in [5.41, 5.74) is 3.54. The lowest BCUT2D eigenvalue weighted by molar-refractivity contribution is 0.0744. The van der Waals surface area contributed by atoms with Crippen LogP contribution in [0, 0.1) is 0 Å². The second-order valence-corrected chi connectivity index (χ2v) is 9.44. The van der Waals surface area contributed by atoms with Crippen molar-refractivity contribution in [1.82, 2.24) is 19.5 Å². The molecular formula is C23H22N4O3S. The maximum Gasteiger partial charge on any atom is 0.259 e. The van der Waals surface area contributed by atoms with Crippen LogP contribution < -0.4 is 0 Å². The Morgan fingerprint density at radius 2 is 1.71 bits per heavy atom. The lowest BCUT2D eigenvalue weighted by Crippen LogP contribution is -2.29. The van der Waals surface area contributed by atoms with Crippen LogP contribution in [0.5, 0.6) is 0 Å². The van der Waals surface area contributed by atoms with Crippen LogP contribution in [0.3, 0.4) is 0 Å². The van der Waals surface area contributed by atoms with Crippen molar-refractivity contribution in [3.63, 3.8) is 0 Å². The molecule has 2 heterocycles. The predicted octanol–water partition coefficient (Wildman–Crippen LogP) is 3.63. The highest BCUT2D eigenvalue weighted by Crippen LogP contribution is 2.25. The Morgan fingerprint density at radius 1 is 1.03 bits per heavy atom. The monoisotopic (exact) mass is 434 g/mol. The van der Waals surface area contributed by atoms with E-state index in [-0.39, 0.29) is 16.8 Å². The van der Waals surface area contributed by atoms with Crippen molar-refractivity contribution in [2.45, 2.75) is 17.9 Å². The van der Waals surface area contributed by atoms with Crippen molar-refractivity contribution in [2.75, 3.05) is 13.3 Å². The summed E-state index contributed by atoms with van der Waals surface area (Å²) in [6.45, 7) is 1.89. The number of carbonyl (C=O) groups excluding carboxylic acids is 1. The van der Waals surface area contributed by atoms with Gasteiger partial charge in [-0.2, -0.15) is 5.10 Å². The fourth-order valence-electron chi connectivity index (χ4n) is 3.45. The molecule has 1 unspecified atom stereocenters. The molecule has 158 valence electrons. The van der Waals surface area contributed by atoms with Crippen LogP contribution in [-0.2, 0) is 9.84 Å². The number of carbonyl (C=O) groups is 1. The number of fused-ring (bicyclic) bond motifs is 1. The maximum absolute atomic E-state index is 13.2. The van der Waals surface area contributed by atoms with Crippen molar-refractivity contribution < 1.29 is 13.2 Å². The molecule has 1 atom stereocenters. The smallest absolute Gasteiger partial charge is 0.259 e. The molecule has 0 spiro atoms. The van der Waals surface area contributed by atoms with Crippen molar-refractivity contribution in [1.29, 1.82) is 0 Å². The number of hydrogen-bond acceptors (Lipinski definition) is 5. The molecule has 1 amide bonds. The van der Waals surface area contributed by atoms with E-state index in [0.717, 1.165) is 16.8 Å². The second-order valence-electron chi connectivity index (χ2n) is 7.42. The third kappa shape index (κ3) is 3.94. The molecule has 4 aromatic rings. The Hall–Kier alpha value is -3.52. The second kappa shape index (κ2) is 7.96. The Labute approximate surface area is 180 Å². The summed E-state index contributed by atoms with van der Waals surface area (Å²) in [6, 6.07) is 18.0. The molecule has 0 radical (unpaired) electrons. The third-order valence-corrected chi connectivity index (χ3v) is 6.52. The number of sulfone groups is 1. The van der Waals surface area contributed by atoms with E-state index in [1.54, 1.807) is 46.9 Å². The van der Waals surface area contributed by atoms with Crippen LogP contribution in [0.25, 0.3) is 16.9 Å². The molecular weight excluding hydrogens is 412 g/mol. The van der Waals surface area contributed by atoms with Gasteiger partial charge in [-0.15, -0.1) is 0 Å². The normalized spacial score (nSPS) is 12.6. The molecule has 4 rings (SSSR count). The zero-order valence-corrected chi connectivity index (χ0v) is 18.2. The van der Waals surface area contributed by atoms with Crippen molar-refractivity contribution in [2.24, 2.45) is 0 Å². The van der Waals surface area contributed by atoms with Gasteiger partial charge in [-0.1, -0.05) is 42.5 Å². The minimum Gasteiger partial charge on any atom is -0.335 e. The molecule has 2 aromatic heterocycles. The molecule has 2 aromatic carbocycles. The molecule has 0 N–H and O–H groups in total. The fraction of sp³-hybridized carbons (Fsp3) is 0.174. The average molecular weight is 435 g/mol. The largest absolute Gasteiger partial charge is 0.335 e. The van der Waals surface area contributed by atoms with Crippen LogP contribution in [0.2, 0.25) is 0 Å². The first-order valence-electron chi connectivity index (χ1n) is 9.72. The zero-order valence-electron chi connectivity index (χ0n) is 17.4. The highest BCUT2D eigenvalue weighted by Gasteiger charge is 2.24. The standard InChI is InChI=1S/C23H22N4O3S/c1-16(17-9-11-19(12-10-17)31(3,29)30)26(2)23(28)20-15-25-27-21(13-14-24-22(20)27)18-7-5-4-6-8-18/h4-16H,1-3H3. The lowest BCUT2D eigenvalue weighted by atomic mass is 10.1. The molecule has 31 heavy (non-hydrogen) atoms. The van der Waals surface area contributed by atoms with Crippen molar-refractivity contribution in [3.8, 4) is 11.3 Å². The van der Waals surface area contributed by atoms with Crippen LogP contribution in [0.1, 0.15) is 28.9 Å². The summed E-state index contributed by atoms with van der Waals surface area (Å²) in [7, 11) is -1.56. The predicted molar refractivity (Wildman–Crippen MR) is 118 cm³/mol. The number of amides is 1. The highest BCUT2D eigenvalue weighted by molar-refractivity contribution is 7.90. The van der Waals surface area contributed by atoms with E-state index >= 15 is 0 Å².